The summed E-state index contributed by atoms with van der Waals surface area (Å²) in [5.74, 6) is 0.0785. The summed E-state index contributed by atoms with van der Waals surface area (Å²) in [5, 5.41) is 0. The molecule has 1 fully saturated rings. The third kappa shape index (κ3) is 7.18. The van der Waals surface area contributed by atoms with Crippen molar-refractivity contribution in [2.75, 3.05) is 13.1 Å². The fourth-order valence-electron chi connectivity index (χ4n) is 4.97. The molecule has 39 heavy (non-hydrogen) atoms. The number of hydrogen-bond donors (Lipinski definition) is 0. The first-order valence-electron chi connectivity index (χ1n) is 13.3. The Morgan fingerprint density at radius 2 is 1.49 bits per heavy atom. The van der Waals surface area contributed by atoms with E-state index in [1.54, 1.807) is 30.3 Å². The van der Waals surface area contributed by atoms with E-state index in [4.69, 9.17) is 0 Å². The van der Waals surface area contributed by atoms with Crippen molar-refractivity contribution in [1.82, 2.24) is 14.9 Å². The molecule has 0 N–H and O–H groups in total. The van der Waals surface area contributed by atoms with Crippen LogP contribution in [0, 0.1) is 0 Å². The van der Waals surface area contributed by atoms with Crippen LogP contribution in [0.3, 0.4) is 0 Å². The molecule has 0 atom stereocenters. The second-order valence-corrected chi connectivity index (χ2v) is 10.0. The molecule has 0 saturated carbocycles. The number of aromatic nitrogens is 2. The van der Waals surface area contributed by atoms with Gasteiger partial charge in [-0.15, -0.1) is 0 Å². The van der Waals surface area contributed by atoms with E-state index >= 15 is 0 Å². The fourth-order valence-corrected chi connectivity index (χ4v) is 4.97. The highest BCUT2D eigenvalue weighted by molar-refractivity contribution is 5.97. The van der Waals surface area contributed by atoms with Crippen LogP contribution in [0.25, 0.3) is 11.3 Å². The van der Waals surface area contributed by atoms with E-state index in [-0.39, 0.29) is 30.1 Å². The molecule has 1 aromatic heterocycles. The summed E-state index contributed by atoms with van der Waals surface area (Å²) in [6.07, 6.45) is -0.478. The van der Waals surface area contributed by atoms with Gasteiger partial charge >= 0.3 is 6.18 Å². The molecule has 7 heteroatoms. The van der Waals surface area contributed by atoms with Gasteiger partial charge in [0, 0.05) is 30.5 Å². The Kier molecular flexibility index (Phi) is 8.17. The monoisotopic (exact) mass is 529 g/mol. The van der Waals surface area contributed by atoms with Crippen LogP contribution in [-0.4, -0.2) is 33.7 Å². The molecule has 3 aromatic carbocycles. The number of alkyl halides is 3. The van der Waals surface area contributed by atoms with Crippen molar-refractivity contribution in [3.8, 4) is 11.3 Å². The lowest BCUT2D eigenvalue weighted by Crippen LogP contribution is -2.29. The Labute approximate surface area is 226 Å². The van der Waals surface area contributed by atoms with E-state index in [0.29, 0.717) is 11.1 Å². The average molecular weight is 530 g/mol. The van der Waals surface area contributed by atoms with E-state index in [9.17, 15) is 18.0 Å². The Morgan fingerprint density at radius 1 is 0.769 bits per heavy atom. The normalized spacial score (nSPS) is 14.3. The summed E-state index contributed by atoms with van der Waals surface area (Å²) in [5.41, 5.74) is 3.24. The van der Waals surface area contributed by atoms with Crippen molar-refractivity contribution in [3.63, 3.8) is 0 Å². The quantitative estimate of drug-likeness (QED) is 0.227. The van der Waals surface area contributed by atoms with Crippen molar-refractivity contribution in [1.29, 1.82) is 0 Å². The summed E-state index contributed by atoms with van der Waals surface area (Å²) in [7, 11) is 0. The molecule has 0 bridgehead atoms. The number of ketones is 1. The predicted octanol–water partition coefficient (Wildman–Crippen LogP) is 7.16. The van der Waals surface area contributed by atoms with Crippen LogP contribution in [0.5, 0.6) is 0 Å². The van der Waals surface area contributed by atoms with Gasteiger partial charge in [-0.05, 0) is 48.7 Å². The Morgan fingerprint density at radius 3 is 2.21 bits per heavy atom. The highest BCUT2D eigenvalue weighted by Gasteiger charge is 2.33. The molecule has 0 spiro atoms. The van der Waals surface area contributed by atoms with Crippen LogP contribution in [0.1, 0.15) is 57.8 Å². The van der Waals surface area contributed by atoms with Crippen LogP contribution < -0.4 is 0 Å². The molecular weight excluding hydrogens is 499 g/mol. The van der Waals surface area contributed by atoms with Gasteiger partial charge in [0.2, 0.25) is 0 Å². The van der Waals surface area contributed by atoms with Crippen molar-refractivity contribution >= 4 is 5.78 Å². The first-order chi connectivity index (χ1) is 18.8. The van der Waals surface area contributed by atoms with Gasteiger partial charge in [-0.25, -0.2) is 9.97 Å². The molecule has 1 aliphatic heterocycles. The Hall–Kier alpha value is -3.84. The third-order valence-corrected chi connectivity index (χ3v) is 6.98. The van der Waals surface area contributed by atoms with E-state index in [0.717, 1.165) is 36.8 Å². The lowest BCUT2D eigenvalue weighted by Gasteiger charge is -2.26. The summed E-state index contributed by atoms with van der Waals surface area (Å²) in [6, 6.07) is 24.9. The highest BCUT2D eigenvalue weighted by atomic mass is 19.4. The third-order valence-electron chi connectivity index (χ3n) is 6.98. The Balaban J connectivity index is 1.29. The molecule has 4 aromatic rings. The van der Waals surface area contributed by atoms with E-state index in [1.807, 2.05) is 48.5 Å². The maximum atomic E-state index is 13.6. The number of carbonyl (C=O) groups is 1. The van der Waals surface area contributed by atoms with Gasteiger partial charge < -0.3 is 0 Å². The predicted molar refractivity (Wildman–Crippen MR) is 145 cm³/mol. The number of likely N-dealkylation sites (tertiary alicyclic amines) is 1. The lowest BCUT2D eigenvalue weighted by atomic mass is 9.99. The molecule has 0 aliphatic carbocycles. The van der Waals surface area contributed by atoms with Crippen molar-refractivity contribution in [3.05, 3.63) is 119 Å². The van der Waals surface area contributed by atoms with Gasteiger partial charge in [0.1, 0.15) is 11.5 Å². The van der Waals surface area contributed by atoms with Gasteiger partial charge in [-0.2, -0.15) is 13.2 Å². The number of hydrogen-bond acceptors (Lipinski definition) is 4. The standard InChI is InChI=1S/C32H30F3N3O/c33-32(34,35)30-21-28(26-10-3-1-4-11-26)36-31(37-30)20-25-9-7-8-24(18-25)19-29(39)27-14-12-23(13-15-27)22-38-16-5-2-6-17-38/h1,3-4,7-15,18,21H,2,5-6,16-17,19-20,22H2. The maximum Gasteiger partial charge on any atom is 0.433 e. The van der Waals surface area contributed by atoms with E-state index in [1.165, 1.54) is 24.8 Å². The molecule has 5 rings (SSSR count). The molecule has 0 unspecified atom stereocenters. The van der Waals surface area contributed by atoms with Crippen molar-refractivity contribution in [2.24, 2.45) is 0 Å². The lowest BCUT2D eigenvalue weighted by molar-refractivity contribution is -0.141. The number of nitrogens with zero attached hydrogens (tertiary/aromatic N) is 3. The average Bonchev–Trinajstić information content (AvgIpc) is 2.94. The number of piperidine rings is 1. The number of halogens is 3. The summed E-state index contributed by atoms with van der Waals surface area (Å²) >= 11 is 0. The first-order valence-corrected chi connectivity index (χ1v) is 13.3. The minimum atomic E-state index is -4.58. The van der Waals surface area contributed by atoms with Gasteiger partial charge in [-0.1, -0.05) is 85.3 Å². The zero-order valence-corrected chi connectivity index (χ0v) is 21.6. The fraction of sp³-hybridized carbons (Fsp3) is 0.281. The molecule has 1 saturated heterocycles. The molecule has 1 aliphatic rings. The van der Waals surface area contributed by atoms with Crippen molar-refractivity contribution in [2.45, 2.75) is 44.8 Å². The first kappa shape index (κ1) is 26.8. The zero-order chi connectivity index (χ0) is 27.2. The van der Waals surface area contributed by atoms with Crippen LogP contribution in [0.2, 0.25) is 0 Å². The highest BCUT2D eigenvalue weighted by Crippen LogP contribution is 2.30. The van der Waals surface area contributed by atoms with Gasteiger partial charge in [0.25, 0.3) is 0 Å². The molecular formula is C32H30F3N3O. The van der Waals surface area contributed by atoms with Gasteiger partial charge in [0.15, 0.2) is 5.78 Å². The number of Topliss-reactive ketones (excluding diaryl/α,β-unsaturated/α-hetero) is 1. The van der Waals surface area contributed by atoms with E-state index < -0.39 is 11.9 Å². The Bertz CT molecular complexity index is 1410. The topological polar surface area (TPSA) is 46.1 Å². The second kappa shape index (κ2) is 11.9. The minimum Gasteiger partial charge on any atom is -0.299 e. The van der Waals surface area contributed by atoms with Gasteiger partial charge in [0.05, 0.1) is 5.69 Å². The number of benzene rings is 3. The zero-order valence-electron chi connectivity index (χ0n) is 21.6. The molecule has 0 amide bonds. The maximum absolute atomic E-state index is 13.6. The summed E-state index contributed by atoms with van der Waals surface area (Å²) < 4.78 is 40.8. The minimum absolute atomic E-state index is 0.00152. The largest absolute Gasteiger partial charge is 0.433 e. The van der Waals surface area contributed by atoms with Crippen molar-refractivity contribution < 1.29 is 18.0 Å². The van der Waals surface area contributed by atoms with Gasteiger partial charge in [-0.3, -0.25) is 9.69 Å². The van der Waals surface area contributed by atoms with E-state index in [2.05, 4.69) is 14.9 Å². The van der Waals surface area contributed by atoms with Crippen LogP contribution >= 0.6 is 0 Å². The van der Waals surface area contributed by atoms with Crippen LogP contribution in [0.15, 0.2) is 84.9 Å². The molecule has 2 heterocycles. The molecule has 4 nitrogen and oxygen atoms in total. The summed E-state index contributed by atoms with van der Waals surface area (Å²) in [4.78, 5) is 23.7. The SMILES string of the molecule is O=C(Cc1cccc(Cc2nc(-c3ccccc3)cc(C(F)(F)F)n2)c1)c1ccc(CN2CCCCC2)cc1. The van der Waals surface area contributed by atoms with Crippen LogP contribution in [0.4, 0.5) is 13.2 Å². The number of rotatable bonds is 8. The summed E-state index contributed by atoms with van der Waals surface area (Å²) in [6.45, 7) is 3.15. The van der Waals surface area contributed by atoms with Crippen LogP contribution in [-0.2, 0) is 25.6 Å². The number of carbonyl (C=O) groups excluding carboxylic acids is 1. The molecule has 0 radical (unpaired) electrons. The second-order valence-electron chi connectivity index (χ2n) is 10.0. The molecule has 200 valence electrons. The smallest absolute Gasteiger partial charge is 0.299 e.